The van der Waals surface area contributed by atoms with E-state index in [1.165, 1.54) is 6.92 Å². The molecule has 0 aliphatic rings. The highest BCUT2D eigenvalue weighted by atomic mass is 16.5. The predicted molar refractivity (Wildman–Crippen MR) is 50.8 cm³/mol. The van der Waals surface area contributed by atoms with Crippen LogP contribution in [0.15, 0.2) is 24.8 Å². The maximum Gasteiger partial charge on any atom is 0.302 e. The summed E-state index contributed by atoms with van der Waals surface area (Å²) in [5.74, 6) is -0.715. The SMILES string of the molecule is C=CC(N)=O.CC=CCOC(C)=O. The van der Waals surface area contributed by atoms with Gasteiger partial charge in [-0.2, -0.15) is 0 Å². The lowest BCUT2D eigenvalue weighted by Gasteiger charge is -1.91. The fourth-order valence-corrected chi connectivity index (χ4v) is 0.262. The molecule has 4 nitrogen and oxygen atoms in total. The number of nitrogens with two attached hydrogens (primary N) is 1. The van der Waals surface area contributed by atoms with Crippen molar-refractivity contribution in [3.63, 3.8) is 0 Å². The molecule has 0 saturated heterocycles. The van der Waals surface area contributed by atoms with E-state index in [-0.39, 0.29) is 5.97 Å². The fraction of sp³-hybridized carbons (Fsp3) is 0.333. The van der Waals surface area contributed by atoms with Crippen molar-refractivity contribution in [3.8, 4) is 0 Å². The lowest BCUT2D eigenvalue weighted by molar-refractivity contribution is -0.139. The molecular weight excluding hydrogens is 170 g/mol. The molecule has 4 heteroatoms. The summed E-state index contributed by atoms with van der Waals surface area (Å²) in [7, 11) is 0. The molecule has 0 unspecified atom stereocenters. The molecule has 0 radical (unpaired) electrons. The second kappa shape index (κ2) is 10.4. The van der Waals surface area contributed by atoms with Gasteiger partial charge in [0.2, 0.25) is 5.91 Å². The van der Waals surface area contributed by atoms with Crippen LogP contribution >= 0.6 is 0 Å². The maximum absolute atomic E-state index is 10.1. The monoisotopic (exact) mass is 185 g/mol. The first-order valence-electron chi connectivity index (χ1n) is 3.71. The highest BCUT2D eigenvalue weighted by Crippen LogP contribution is 1.76. The Bertz CT molecular complexity index is 197. The van der Waals surface area contributed by atoms with Crippen LogP contribution in [0.4, 0.5) is 0 Å². The summed E-state index contributed by atoms with van der Waals surface area (Å²) in [6.07, 6.45) is 4.67. The summed E-state index contributed by atoms with van der Waals surface area (Å²) in [6, 6.07) is 0. The molecule has 1 amide bonds. The Morgan fingerprint density at radius 2 is 2.00 bits per heavy atom. The van der Waals surface area contributed by atoms with E-state index in [4.69, 9.17) is 0 Å². The van der Waals surface area contributed by atoms with Gasteiger partial charge in [-0.1, -0.05) is 18.7 Å². The lowest BCUT2D eigenvalue weighted by Crippen LogP contribution is -2.04. The topological polar surface area (TPSA) is 69.4 Å². The largest absolute Gasteiger partial charge is 0.462 e. The fourth-order valence-electron chi connectivity index (χ4n) is 0.262. The standard InChI is InChI=1S/C6H10O2.C3H5NO/c1-3-4-5-8-6(2)7;1-2-3(4)5/h3-4H,5H2,1-2H3;2H,1H2,(H2,4,5). The average Bonchev–Trinajstić information content (AvgIpc) is 2.05. The minimum absolute atomic E-state index is 0.233. The van der Waals surface area contributed by atoms with Gasteiger partial charge in [0.1, 0.15) is 6.61 Å². The van der Waals surface area contributed by atoms with Crippen molar-refractivity contribution < 1.29 is 14.3 Å². The first-order chi connectivity index (χ1) is 6.04. The molecule has 0 atom stereocenters. The Kier molecular flexibility index (Phi) is 11.2. The molecule has 0 heterocycles. The number of carbonyl (C=O) groups is 2. The van der Waals surface area contributed by atoms with Crippen molar-refractivity contribution >= 4 is 11.9 Å². The number of primary amides is 1. The summed E-state index contributed by atoms with van der Waals surface area (Å²) in [5.41, 5.74) is 4.53. The molecule has 0 aliphatic heterocycles. The van der Waals surface area contributed by atoms with Gasteiger partial charge in [0.25, 0.3) is 0 Å². The number of amides is 1. The van der Waals surface area contributed by atoms with Gasteiger partial charge in [-0.15, -0.1) is 0 Å². The minimum atomic E-state index is -0.481. The Morgan fingerprint density at radius 3 is 2.23 bits per heavy atom. The number of allylic oxidation sites excluding steroid dienone is 1. The number of ether oxygens (including phenoxy) is 1. The molecule has 0 aliphatic carbocycles. The second-order valence-electron chi connectivity index (χ2n) is 1.98. The highest BCUT2D eigenvalue weighted by molar-refractivity contribution is 5.84. The van der Waals surface area contributed by atoms with Gasteiger partial charge in [-0.05, 0) is 13.0 Å². The normalized spacial score (nSPS) is 8.46. The van der Waals surface area contributed by atoms with Gasteiger partial charge < -0.3 is 10.5 Å². The van der Waals surface area contributed by atoms with Gasteiger partial charge in [0.15, 0.2) is 0 Å². The zero-order chi connectivity index (χ0) is 10.7. The molecule has 0 rings (SSSR count). The molecule has 0 bridgehead atoms. The average molecular weight is 185 g/mol. The maximum atomic E-state index is 10.1. The van der Waals surface area contributed by atoms with E-state index in [0.29, 0.717) is 6.61 Å². The predicted octanol–water partition coefficient (Wildman–Crippen LogP) is 0.783. The molecule has 0 aromatic carbocycles. The number of rotatable bonds is 3. The number of hydrogen-bond acceptors (Lipinski definition) is 3. The van der Waals surface area contributed by atoms with Crippen LogP contribution in [0.2, 0.25) is 0 Å². The summed E-state index contributed by atoms with van der Waals surface area (Å²) >= 11 is 0. The Balaban J connectivity index is 0. The van der Waals surface area contributed by atoms with Crippen LogP contribution in [0, 0.1) is 0 Å². The first kappa shape index (κ1) is 14.0. The molecule has 2 N–H and O–H groups in total. The molecule has 0 fully saturated rings. The van der Waals surface area contributed by atoms with Crippen LogP contribution < -0.4 is 5.73 Å². The third-order valence-corrected chi connectivity index (χ3v) is 0.820. The van der Waals surface area contributed by atoms with Crippen LogP contribution in [-0.2, 0) is 14.3 Å². The third kappa shape index (κ3) is 25.1. The molecule has 0 spiro atoms. The Hall–Kier alpha value is -1.58. The highest BCUT2D eigenvalue weighted by Gasteiger charge is 1.84. The molecule has 0 saturated carbocycles. The van der Waals surface area contributed by atoms with Gasteiger partial charge in [0, 0.05) is 6.92 Å². The summed E-state index contributed by atoms with van der Waals surface area (Å²) in [4.78, 5) is 19.5. The summed E-state index contributed by atoms with van der Waals surface area (Å²) in [5, 5.41) is 0. The quantitative estimate of drug-likeness (QED) is 0.401. The number of carbonyl (C=O) groups excluding carboxylic acids is 2. The van der Waals surface area contributed by atoms with Gasteiger partial charge >= 0.3 is 5.97 Å². The number of hydrogen-bond donors (Lipinski definition) is 1. The molecule has 74 valence electrons. The van der Waals surface area contributed by atoms with Crippen molar-refractivity contribution in [3.05, 3.63) is 24.8 Å². The summed E-state index contributed by atoms with van der Waals surface area (Å²) < 4.78 is 4.56. The van der Waals surface area contributed by atoms with Crippen LogP contribution in [-0.4, -0.2) is 18.5 Å². The van der Waals surface area contributed by atoms with E-state index in [0.717, 1.165) is 6.08 Å². The smallest absolute Gasteiger partial charge is 0.302 e. The van der Waals surface area contributed by atoms with Crippen LogP contribution in [0.3, 0.4) is 0 Å². The first-order valence-corrected chi connectivity index (χ1v) is 3.71. The zero-order valence-corrected chi connectivity index (χ0v) is 7.95. The van der Waals surface area contributed by atoms with E-state index >= 15 is 0 Å². The minimum Gasteiger partial charge on any atom is -0.462 e. The van der Waals surface area contributed by atoms with Gasteiger partial charge in [0.05, 0.1) is 0 Å². The molecular formula is C9H15NO3. The zero-order valence-electron chi connectivity index (χ0n) is 7.95. The van der Waals surface area contributed by atoms with E-state index in [2.05, 4.69) is 17.0 Å². The van der Waals surface area contributed by atoms with E-state index in [1.807, 2.05) is 13.0 Å². The van der Waals surface area contributed by atoms with Crippen molar-refractivity contribution in [1.29, 1.82) is 0 Å². The second-order valence-corrected chi connectivity index (χ2v) is 1.98. The molecule has 0 aromatic heterocycles. The Morgan fingerprint density at radius 1 is 1.54 bits per heavy atom. The van der Waals surface area contributed by atoms with Crippen molar-refractivity contribution in [2.24, 2.45) is 5.73 Å². The van der Waals surface area contributed by atoms with E-state index < -0.39 is 5.91 Å². The van der Waals surface area contributed by atoms with E-state index in [9.17, 15) is 9.59 Å². The number of esters is 1. The van der Waals surface area contributed by atoms with E-state index in [1.54, 1.807) is 6.08 Å². The molecule has 0 aromatic rings. The van der Waals surface area contributed by atoms with Crippen LogP contribution in [0.5, 0.6) is 0 Å². The van der Waals surface area contributed by atoms with Crippen molar-refractivity contribution in [2.75, 3.05) is 6.61 Å². The van der Waals surface area contributed by atoms with Crippen molar-refractivity contribution in [2.45, 2.75) is 13.8 Å². The van der Waals surface area contributed by atoms with Crippen molar-refractivity contribution in [1.82, 2.24) is 0 Å². The molecule has 13 heavy (non-hydrogen) atoms. The van der Waals surface area contributed by atoms with Crippen LogP contribution in [0.1, 0.15) is 13.8 Å². The van der Waals surface area contributed by atoms with Gasteiger partial charge in [-0.3, -0.25) is 9.59 Å². The third-order valence-electron chi connectivity index (χ3n) is 0.820. The lowest BCUT2D eigenvalue weighted by atomic mass is 10.5. The Labute approximate surface area is 78.1 Å². The summed E-state index contributed by atoms with van der Waals surface area (Å²) in [6.45, 7) is 6.75. The van der Waals surface area contributed by atoms with Crippen LogP contribution in [0.25, 0.3) is 0 Å². The van der Waals surface area contributed by atoms with Gasteiger partial charge in [-0.25, -0.2) is 0 Å².